The van der Waals surface area contributed by atoms with Crippen LogP contribution < -0.4 is 10.2 Å². The molecule has 0 bridgehead atoms. The van der Waals surface area contributed by atoms with Crippen molar-refractivity contribution < 1.29 is 9.18 Å². The fourth-order valence-electron chi connectivity index (χ4n) is 3.79. The Kier molecular flexibility index (Phi) is 9.64. The number of amides is 1. The lowest BCUT2D eigenvalue weighted by molar-refractivity contribution is -0.122. The molecule has 2 saturated heterocycles. The maximum absolute atomic E-state index is 13.9. The van der Waals surface area contributed by atoms with Gasteiger partial charge in [-0.1, -0.05) is 12.1 Å². The molecule has 1 N–H and O–H groups in total. The Morgan fingerprint density at radius 3 is 2.50 bits per heavy atom. The first-order chi connectivity index (χ1) is 11.7. The van der Waals surface area contributed by atoms with E-state index in [2.05, 4.69) is 20.0 Å². The summed E-state index contributed by atoms with van der Waals surface area (Å²) >= 11 is 0. The Hall–Kier alpha value is -1.08. The van der Waals surface area contributed by atoms with Gasteiger partial charge in [0, 0.05) is 45.8 Å². The molecule has 1 atom stereocenters. The number of para-hydroxylation sites is 1. The van der Waals surface area contributed by atoms with Crippen LogP contribution in [0, 0.1) is 5.82 Å². The molecule has 1 unspecified atom stereocenters. The van der Waals surface area contributed by atoms with E-state index in [-0.39, 0.29) is 36.5 Å². The van der Waals surface area contributed by atoms with Crippen molar-refractivity contribution >= 4 is 36.4 Å². The van der Waals surface area contributed by atoms with Gasteiger partial charge in [0.05, 0.1) is 12.2 Å². The topological polar surface area (TPSA) is 38.8 Å². The lowest BCUT2D eigenvalue weighted by Crippen LogP contribution is -2.56. The van der Waals surface area contributed by atoms with E-state index in [0.717, 1.165) is 45.7 Å². The molecule has 0 spiro atoms. The van der Waals surface area contributed by atoms with Gasteiger partial charge in [-0.3, -0.25) is 14.6 Å². The van der Waals surface area contributed by atoms with E-state index in [1.165, 1.54) is 12.5 Å². The third-order valence-electron chi connectivity index (χ3n) is 5.15. The molecule has 1 aromatic rings. The number of anilines is 1. The van der Waals surface area contributed by atoms with Gasteiger partial charge in [0.1, 0.15) is 5.82 Å². The number of hydrogen-bond donors (Lipinski definition) is 1. The molecular formula is C18H29Cl2FN4O. The number of nitrogens with one attached hydrogen (secondary N) is 1. The van der Waals surface area contributed by atoms with Crippen molar-refractivity contribution in [2.45, 2.75) is 18.9 Å². The highest BCUT2D eigenvalue weighted by molar-refractivity contribution is 5.85. The van der Waals surface area contributed by atoms with E-state index in [4.69, 9.17) is 0 Å². The molecule has 3 rings (SSSR count). The molecule has 1 aromatic carbocycles. The van der Waals surface area contributed by atoms with Crippen LogP contribution in [0.3, 0.4) is 0 Å². The lowest BCUT2D eigenvalue weighted by atomic mass is 10.0. The molecule has 0 aliphatic carbocycles. The van der Waals surface area contributed by atoms with Crippen molar-refractivity contribution in [1.82, 2.24) is 15.1 Å². The first-order valence-electron chi connectivity index (χ1n) is 8.84. The van der Waals surface area contributed by atoms with Crippen LogP contribution in [0.5, 0.6) is 0 Å². The molecule has 2 heterocycles. The van der Waals surface area contributed by atoms with Crippen molar-refractivity contribution in [2.75, 3.05) is 57.8 Å². The van der Waals surface area contributed by atoms with Crippen molar-refractivity contribution in [3.05, 3.63) is 30.1 Å². The molecule has 2 aliphatic rings. The van der Waals surface area contributed by atoms with E-state index in [1.54, 1.807) is 13.1 Å². The second-order valence-corrected chi connectivity index (χ2v) is 6.68. The summed E-state index contributed by atoms with van der Waals surface area (Å²) in [5, 5.41) is 2.70. The number of likely N-dealkylation sites (N-methyl/N-ethyl adjacent to an activating group) is 1. The standard InChI is InChI=1S/C18H27FN4O.2ClH/c1-20-18(24)14-21-8-4-5-15(13-21)22-9-11-23(12-10-22)17-7-3-2-6-16(17)19;;/h2-3,6-7,15H,4-5,8-14H2,1H3,(H,20,24);2*1H. The maximum atomic E-state index is 13.9. The molecule has 26 heavy (non-hydrogen) atoms. The van der Waals surface area contributed by atoms with Gasteiger partial charge >= 0.3 is 0 Å². The molecule has 2 fully saturated rings. The largest absolute Gasteiger partial charge is 0.367 e. The minimum atomic E-state index is -0.139. The van der Waals surface area contributed by atoms with Gasteiger partial charge in [0.15, 0.2) is 0 Å². The molecule has 5 nitrogen and oxygen atoms in total. The summed E-state index contributed by atoms with van der Waals surface area (Å²) in [7, 11) is 1.69. The minimum absolute atomic E-state index is 0. The number of hydrogen-bond acceptors (Lipinski definition) is 4. The van der Waals surface area contributed by atoms with Gasteiger partial charge in [0.2, 0.25) is 5.91 Å². The van der Waals surface area contributed by atoms with Crippen molar-refractivity contribution in [2.24, 2.45) is 0 Å². The van der Waals surface area contributed by atoms with E-state index in [0.29, 0.717) is 18.3 Å². The summed E-state index contributed by atoms with van der Waals surface area (Å²) in [6, 6.07) is 7.52. The normalized spacial score (nSPS) is 21.5. The molecule has 148 valence electrons. The SMILES string of the molecule is CNC(=O)CN1CCCC(N2CCN(c3ccccc3F)CC2)C1.Cl.Cl. The third-order valence-corrected chi connectivity index (χ3v) is 5.15. The smallest absolute Gasteiger partial charge is 0.233 e. The summed E-state index contributed by atoms with van der Waals surface area (Å²) < 4.78 is 13.9. The number of nitrogens with zero attached hydrogens (tertiary/aromatic N) is 3. The number of piperazine rings is 1. The van der Waals surface area contributed by atoms with Crippen molar-refractivity contribution in [3.8, 4) is 0 Å². The van der Waals surface area contributed by atoms with Crippen molar-refractivity contribution in [1.29, 1.82) is 0 Å². The summed E-state index contributed by atoms with van der Waals surface area (Å²) in [5.41, 5.74) is 0.710. The zero-order valence-electron chi connectivity index (χ0n) is 15.2. The van der Waals surface area contributed by atoms with Gasteiger partial charge in [-0.2, -0.15) is 0 Å². The highest BCUT2D eigenvalue weighted by Crippen LogP contribution is 2.22. The number of carbonyl (C=O) groups excluding carboxylic acids is 1. The van der Waals surface area contributed by atoms with Gasteiger partial charge in [-0.05, 0) is 31.5 Å². The van der Waals surface area contributed by atoms with Crippen LogP contribution in [0.25, 0.3) is 0 Å². The maximum Gasteiger partial charge on any atom is 0.233 e. The molecule has 0 saturated carbocycles. The summed E-state index contributed by atoms with van der Waals surface area (Å²) in [5.74, 6) is -0.0552. The van der Waals surface area contributed by atoms with Gasteiger partial charge < -0.3 is 10.2 Å². The molecule has 2 aliphatic heterocycles. The highest BCUT2D eigenvalue weighted by Gasteiger charge is 2.29. The van der Waals surface area contributed by atoms with E-state index >= 15 is 0 Å². The molecule has 0 aromatic heterocycles. The van der Waals surface area contributed by atoms with Crippen LogP contribution in [-0.2, 0) is 4.79 Å². The number of likely N-dealkylation sites (tertiary alicyclic amines) is 1. The van der Waals surface area contributed by atoms with Crippen LogP contribution in [-0.4, -0.2) is 74.6 Å². The van der Waals surface area contributed by atoms with Crippen LogP contribution in [0.15, 0.2) is 24.3 Å². The number of piperidine rings is 1. The fraction of sp³-hybridized carbons (Fsp3) is 0.611. The predicted molar refractivity (Wildman–Crippen MR) is 108 cm³/mol. The molecule has 1 amide bonds. The highest BCUT2D eigenvalue weighted by atomic mass is 35.5. The Balaban J connectivity index is 0.00000169. The number of rotatable bonds is 4. The summed E-state index contributed by atoms with van der Waals surface area (Å²) in [6.07, 6.45) is 2.32. The average Bonchev–Trinajstić information content (AvgIpc) is 2.62. The summed E-state index contributed by atoms with van der Waals surface area (Å²) in [4.78, 5) is 18.5. The predicted octanol–water partition coefficient (Wildman–Crippen LogP) is 2.00. The molecule has 0 radical (unpaired) electrons. The van der Waals surface area contributed by atoms with E-state index in [9.17, 15) is 9.18 Å². The first-order valence-corrected chi connectivity index (χ1v) is 8.84. The second kappa shape index (κ2) is 10.9. The summed E-state index contributed by atoms with van der Waals surface area (Å²) in [6.45, 7) is 6.05. The van der Waals surface area contributed by atoms with Crippen LogP contribution in [0.1, 0.15) is 12.8 Å². The Morgan fingerprint density at radius 2 is 1.85 bits per heavy atom. The quantitative estimate of drug-likeness (QED) is 0.829. The Bertz CT molecular complexity index is 570. The van der Waals surface area contributed by atoms with Crippen LogP contribution >= 0.6 is 24.8 Å². The zero-order chi connectivity index (χ0) is 16.9. The van der Waals surface area contributed by atoms with Gasteiger partial charge in [0.25, 0.3) is 0 Å². The zero-order valence-corrected chi connectivity index (χ0v) is 16.8. The fourth-order valence-corrected chi connectivity index (χ4v) is 3.79. The Morgan fingerprint density at radius 1 is 1.15 bits per heavy atom. The third kappa shape index (κ3) is 5.71. The second-order valence-electron chi connectivity index (χ2n) is 6.68. The number of benzene rings is 1. The Labute approximate surface area is 167 Å². The van der Waals surface area contributed by atoms with E-state index in [1.807, 2.05) is 12.1 Å². The monoisotopic (exact) mass is 406 g/mol. The minimum Gasteiger partial charge on any atom is -0.367 e. The van der Waals surface area contributed by atoms with Crippen LogP contribution in [0.4, 0.5) is 10.1 Å². The van der Waals surface area contributed by atoms with Crippen molar-refractivity contribution in [3.63, 3.8) is 0 Å². The molecular weight excluding hydrogens is 378 g/mol. The van der Waals surface area contributed by atoms with E-state index < -0.39 is 0 Å². The average molecular weight is 407 g/mol. The first kappa shape index (κ1) is 23.0. The number of halogens is 3. The van der Waals surface area contributed by atoms with Gasteiger partial charge in [-0.15, -0.1) is 24.8 Å². The lowest BCUT2D eigenvalue weighted by Gasteiger charge is -2.43. The molecule has 8 heteroatoms. The number of carbonyl (C=O) groups is 1. The van der Waals surface area contributed by atoms with Gasteiger partial charge in [-0.25, -0.2) is 4.39 Å². The van der Waals surface area contributed by atoms with Crippen LogP contribution in [0.2, 0.25) is 0 Å².